The van der Waals surface area contributed by atoms with E-state index < -0.39 is 0 Å². The van der Waals surface area contributed by atoms with E-state index in [1.807, 2.05) is 68.3 Å². The molecular weight excluding hydrogens is 340 g/mol. The van der Waals surface area contributed by atoms with Crippen LogP contribution < -0.4 is 10.1 Å². The summed E-state index contributed by atoms with van der Waals surface area (Å²) in [7, 11) is 3.59. The molecule has 1 amide bonds. The highest BCUT2D eigenvalue weighted by molar-refractivity contribution is 5.80. The van der Waals surface area contributed by atoms with Gasteiger partial charge in [-0.3, -0.25) is 9.69 Å². The van der Waals surface area contributed by atoms with E-state index in [0.29, 0.717) is 13.1 Å². The summed E-state index contributed by atoms with van der Waals surface area (Å²) in [6.45, 7) is 4.91. The monoisotopic (exact) mass is 366 g/mol. The Morgan fingerprint density at radius 2 is 2.00 bits per heavy atom. The predicted molar refractivity (Wildman–Crippen MR) is 107 cm³/mol. The lowest BCUT2D eigenvalue weighted by Crippen LogP contribution is -2.36. The highest BCUT2D eigenvalue weighted by Gasteiger charge is 2.16. The van der Waals surface area contributed by atoms with E-state index in [1.54, 1.807) is 7.11 Å². The van der Waals surface area contributed by atoms with Crippen LogP contribution in [-0.2, 0) is 11.3 Å². The van der Waals surface area contributed by atoms with Gasteiger partial charge < -0.3 is 14.5 Å². The molecule has 0 aliphatic rings. The minimum Gasteiger partial charge on any atom is -0.496 e. The van der Waals surface area contributed by atoms with Crippen molar-refractivity contribution in [1.29, 1.82) is 0 Å². The average molecular weight is 366 g/mol. The van der Waals surface area contributed by atoms with Gasteiger partial charge in [0.2, 0.25) is 5.91 Å². The largest absolute Gasteiger partial charge is 0.496 e. The molecule has 1 unspecified atom stereocenters. The molecule has 1 N–H and O–H groups in total. The predicted octanol–water partition coefficient (Wildman–Crippen LogP) is 4.06. The summed E-state index contributed by atoms with van der Waals surface area (Å²) in [6.07, 6.45) is 0. The van der Waals surface area contributed by atoms with Crippen molar-refractivity contribution in [2.24, 2.45) is 0 Å². The van der Waals surface area contributed by atoms with Crippen molar-refractivity contribution in [2.45, 2.75) is 26.4 Å². The average Bonchev–Trinajstić information content (AvgIpc) is 3.06. The number of rotatable bonds is 7. The molecule has 2 aromatic carbocycles. The summed E-state index contributed by atoms with van der Waals surface area (Å²) in [5.41, 5.74) is 3.07. The molecule has 0 radical (unpaired) electrons. The van der Waals surface area contributed by atoms with Gasteiger partial charge in [0.25, 0.3) is 0 Å². The Labute approximate surface area is 159 Å². The quantitative estimate of drug-likeness (QED) is 0.685. The molecule has 3 rings (SSSR count). The van der Waals surface area contributed by atoms with Gasteiger partial charge in [-0.1, -0.05) is 35.9 Å². The van der Waals surface area contributed by atoms with Crippen LogP contribution in [-0.4, -0.2) is 31.5 Å². The second kappa shape index (κ2) is 8.27. The lowest BCUT2D eigenvalue weighted by molar-refractivity contribution is -0.122. The Hall–Kier alpha value is -2.79. The van der Waals surface area contributed by atoms with Crippen LogP contribution in [0.4, 0.5) is 0 Å². The van der Waals surface area contributed by atoms with Crippen LogP contribution in [0, 0.1) is 6.92 Å². The van der Waals surface area contributed by atoms with Gasteiger partial charge >= 0.3 is 0 Å². The summed E-state index contributed by atoms with van der Waals surface area (Å²) < 4.78 is 11.2. The van der Waals surface area contributed by atoms with E-state index in [-0.39, 0.29) is 11.9 Å². The number of nitrogens with zero attached hydrogens (tertiary/aromatic N) is 1. The van der Waals surface area contributed by atoms with Gasteiger partial charge in [0, 0.05) is 17.5 Å². The minimum atomic E-state index is -0.188. The maximum absolute atomic E-state index is 12.4. The number of carbonyl (C=O) groups excluding carboxylic acids is 1. The number of aryl methyl sites for hydroxylation is 1. The maximum Gasteiger partial charge on any atom is 0.234 e. The van der Waals surface area contributed by atoms with Gasteiger partial charge in [0.15, 0.2) is 0 Å². The van der Waals surface area contributed by atoms with Crippen LogP contribution in [0.3, 0.4) is 0 Å². The fourth-order valence-corrected chi connectivity index (χ4v) is 3.20. The third-order valence-electron chi connectivity index (χ3n) is 4.54. The van der Waals surface area contributed by atoms with E-state index in [1.165, 1.54) is 5.56 Å². The third kappa shape index (κ3) is 4.68. The SMILES string of the molecule is COc1ccc(C)cc1CN(C)CC(=O)NC(C)c1cc2ccccc2o1. The number of hydrogen-bond donors (Lipinski definition) is 1. The summed E-state index contributed by atoms with van der Waals surface area (Å²) in [5.74, 6) is 1.55. The summed E-state index contributed by atoms with van der Waals surface area (Å²) in [4.78, 5) is 14.4. The molecule has 0 fully saturated rings. The molecule has 27 heavy (non-hydrogen) atoms. The molecule has 5 nitrogen and oxygen atoms in total. The molecule has 1 heterocycles. The van der Waals surface area contributed by atoms with Crippen molar-refractivity contribution >= 4 is 16.9 Å². The first-order valence-electron chi connectivity index (χ1n) is 9.06. The Morgan fingerprint density at radius 1 is 1.22 bits per heavy atom. The molecular formula is C22H26N2O3. The number of hydrogen-bond acceptors (Lipinski definition) is 4. The topological polar surface area (TPSA) is 54.7 Å². The minimum absolute atomic E-state index is 0.0444. The molecule has 0 saturated heterocycles. The number of nitrogens with one attached hydrogen (secondary N) is 1. The molecule has 142 valence electrons. The van der Waals surface area contributed by atoms with E-state index in [4.69, 9.17) is 9.15 Å². The van der Waals surface area contributed by atoms with E-state index in [9.17, 15) is 4.79 Å². The lowest BCUT2D eigenvalue weighted by Gasteiger charge is -2.19. The standard InChI is InChI=1S/C22H26N2O3/c1-15-9-10-19(26-4)18(11-15)13-24(3)14-22(25)23-16(2)21-12-17-7-5-6-8-20(17)27-21/h5-12,16H,13-14H2,1-4H3,(H,23,25). The number of furan rings is 1. The molecule has 0 spiro atoms. The Morgan fingerprint density at radius 3 is 2.74 bits per heavy atom. The van der Waals surface area contributed by atoms with Crippen LogP contribution in [0.15, 0.2) is 52.9 Å². The maximum atomic E-state index is 12.4. The number of para-hydroxylation sites is 1. The smallest absolute Gasteiger partial charge is 0.234 e. The Balaban J connectivity index is 1.59. The van der Waals surface area contributed by atoms with E-state index >= 15 is 0 Å². The fraction of sp³-hybridized carbons (Fsp3) is 0.318. The molecule has 0 aliphatic heterocycles. The zero-order valence-electron chi connectivity index (χ0n) is 16.3. The highest BCUT2D eigenvalue weighted by Crippen LogP contribution is 2.24. The summed E-state index contributed by atoms with van der Waals surface area (Å²) in [6, 6.07) is 15.7. The van der Waals surface area contributed by atoms with Crippen LogP contribution in [0.5, 0.6) is 5.75 Å². The van der Waals surface area contributed by atoms with Crippen molar-refractivity contribution < 1.29 is 13.9 Å². The number of ether oxygens (including phenoxy) is 1. The first-order chi connectivity index (χ1) is 13.0. The van der Waals surface area contributed by atoms with Crippen LogP contribution >= 0.6 is 0 Å². The molecule has 0 bridgehead atoms. The zero-order valence-corrected chi connectivity index (χ0v) is 16.3. The molecule has 1 aromatic heterocycles. The first-order valence-corrected chi connectivity index (χ1v) is 9.06. The summed E-state index contributed by atoms with van der Waals surface area (Å²) >= 11 is 0. The van der Waals surface area contributed by atoms with E-state index in [2.05, 4.69) is 11.4 Å². The number of likely N-dealkylation sites (N-methyl/N-ethyl adjacent to an activating group) is 1. The van der Waals surface area contributed by atoms with Crippen molar-refractivity contribution in [3.8, 4) is 5.75 Å². The van der Waals surface area contributed by atoms with Crippen molar-refractivity contribution in [3.63, 3.8) is 0 Å². The van der Waals surface area contributed by atoms with Gasteiger partial charge in [-0.2, -0.15) is 0 Å². The van der Waals surface area contributed by atoms with Gasteiger partial charge in [-0.25, -0.2) is 0 Å². The second-order valence-corrected chi connectivity index (χ2v) is 6.96. The molecule has 0 saturated carbocycles. The van der Waals surface area contributed by atoms with E-state index in [0.717, 1.165) is 28.0 Å². The Kier molecular flexibility index (Phi) is 5.81. The summed E-state index contributed by atoms with van der Waals surface area (Å²) in [5, 5.41) is 4.05. The molecule has 5 heteroatoms. The van der Waals surface area contributed by atoms with Crippen LogP contribution in [0.2, 0.25) is 0 Å². The van der Waals surface area contributed by atoms with Crippen LogP contribution in [0.25, 0.3) is 11.0 Å². The second-order valence-electron chi connectivity index (χ2n) is 6.96. The number of benzene rings is 2. The zero-order chi connectivity index (χ0) is 19.4. The van der Waals surface area contributed by atoms with Gasteiger partial charge in [-0.15, -0.1) is 0 Å². The van der Waals surface area contributed by atoms with Crippen LogP contribution in [0.1, 0.15) is 29.9 Å². The number of amides is 1. The molecule has 1 atom stereocenters. The number of methoxy groups -OCH3 is 1. The number of carbonyl (C=O) groups is 1. The van der Waals surface area contributed by atoms with Gasteiger partial charge in [0.05, 0.1) is 19.7 Å². The van der Waals surface area contributed by atoms with Crippen molar-refractivity contribution in [3.05, 3.63) is 65.4 Å². The normalized spacial score (nSPS) is 12.3. The van der Waals surface area contributed by atoms with Gasteiger partial charge in [0.1, 0.15) is 17.1 Å². The molecule has 0 aliphatic carbocycles. The number of fused-ring (bicyclic) bond motifs is 1. The lowest BCUT2D eigenvalue weighted by atomic mass is 10.1. The Bertz CT molecular complexity index is 899. The van der Waals surface area contributed by atoms with Crippen molar-refractivity contribution in [2.75, 3.05) is 20.7 Å². The highest BCUT2D eigenvalue weighted by atomic mass is 16.5. The fourth-order valence-electron chi connectivity index (χ4n) is 3.20. The van der Waals surface area contributed by atoms with Crippen molar-refractivity contribution in [1.82, 2.24) is 10.2 Å². The molecule has 3 aromatic rings. The first kappa shape index (κ1) is 19.0. The third-order valence-corrected chi connectivity index (χ3v) is 4.54. The van der Waals surface area contributed by atoms with Gasteiger partial charge in [-0.05, 0) is 39.1 Å².